The Morgan fingerprint density at radius 3 is 2.48 bits per heavy atom. The Hall–Kier alpha value is -2.07. The number of hydrogen-bond acceptors (Lipinski definition) is 3. The number of aliphatic imine (C=N–C) groups is 1. The van der Waals surface area contributed by atoms with Gasteiger partial charge < -0.3 is 9.80 Å². The summed E-state index contributed by atoms with van der Waals surface area (Å²) in [5, 5.41) is 0. The van der Waals surface area contributed by atoms with Crippen molar-refractivity contribution < 1.29 is 4.39 Å². The van der Waals surface area contributed by atoms with Crippen LogP contribution in [0.1, 0.15) is 18.4 Å². The highest BCUT2D eigenvalue weighted by molar-refractivity contribution is 6.16. The molecule has 0 aromatic heterocycles. The fourth-order valence-electron chi connectivity index (χ4n) is 3.16. The Morgan fingerprint density at radius 1 is 0.957 bits per heavy atom. The Labute approximate surface area is 141 Å². The first kappa shape index (κ1) is 15.8. The number of nitrogens with zero attached hydrogens (tertiary/aromatic N) is 3. The molecule has 0 fully saturated rings. The average Bonchev–Trinajstić information content (AvgIpc) is 2.71. The molecule has 0 N–H and O–H groups in total. The van der Waals surface area contributed by atoms with Gasteiger partial charge in [-0.2, -0.15) is 0 Å². The SMILES string of the molecule is Cl.Fc1ccc(CN2C3=NCCCCN3c3ccccc32)cc1. The standard InChI is InChI=1S/C18H18FN3.ClH/c19-15-9-7-14(8-10-15)13-22-17-6-2-1-5-16(17)21-12-4-3-11-20-18(21)22;/h1-2,5-10H,3-4,11-13H2;1H. The summed E-state index contributed by atoms with van der Waals surface area (Å²) < 4.78 is 13.1. The highest BCUT2D eigenvalue weighted by atomic mass is 35.5. The van der Waals surface area contributed by atoms with Gasteiger partial charge in [-0.05, 0) is 42.7 Å². The molecule has 2 heterocycles. The number of guanidine groups is 1. The molecule has 0 aliphatic carbocycles. The van der Waals surface area contributed by atoms with E-state index in [-0.39, 0.29) is 18.2 Å². The molecule has 2 aliphatic heterocycles. The maximum atomic E-state index is 13.1. The van der Waals surface area contributed by atoms with E-state index in [2.05, 4.69) is 34.1 Å². The van der Waals surface area contributed by atoms with Crippen LogP contribution < -0.4 is 9.80 Å². The molecule has 0 amide bonds. The molecule has 4 rings (SSSR count). The fraction of sp³-hybridized carbons (Fsp3) is 0.278. The van der Waals surface area contributed by atoms with E-state index in [0.29, 0.717) is 6.54 Å². The topological polar surface area (TPSA) is 18.8 Å². The van der Waals surface area contributed by atoms with Crippen LogP contribution in [0.4, 0.5) is 15.8 Å². The Kier molecular flexibility index (Phi) is 4.53. The van der Waals surface area contributed by atoms with Crippen LogP contribution in [0.25, 0.3) is 0 Å². The number of benzene rings is 2. The molecule has 3 nitrogen and oxygen atoms in total. The summed E-state index contributed by atoms with van der Waals surface area (Å²) in [4.78, 5) is 9.34. The second-order valence-corrected chi connectivity index (χ2v) is 5.74. The van der Waals surface area contributed by atoms with Crippen LogP contribution in [0.3, 0.4) is 0 Å². The van der Waals surface area contributed by atoms with Gasteiger partial charge in [0.2, 0.25) is 5.96 Å². The van der Waals surface area contributed by atoms with Crippen molar-refractivity contribution in [2.75, 3.05) is 22.9 Å². The van der Waals surface area contributed by atoms with Crippen molar-refractivity contribution in [2.24, 2.45) is 4.99 Å². The van der Waals surface area contributed by atoms with E-state index < -0.39 is 0 Å². The number of fused-ring (bicyclic) bond motifs is 3. The molecular weight excluding hydrogens is 313 g/mol. The molecule has 0 spiro atoms. The molecule has 0 unspecified atom stereocenters. The molecule has 0 bridgehead atoms. The third-order valence-electron chi connectivity index (χ3n) is 4.24. The minimum Gasteiger partial charge on any atom is -0.310 e. The van der Waals surface area contributed by atoms with Crippen molar-refractivity contribution in [3.05, 3.63) is 59.9 Å². The van der Waals surface area contributed by atoms with Gasteiger partial charge in [-0.25, -0.2) is 4.39 Å². The monoisotopic (exact) mass is 331 g/mol. The van der Waals surface area contributed by atoms with E-state index in [1.54, 1.807) is 0 Å². The van der Waals surface area contributed by atoms with Crippen molar-refractivity contribution in [2.45, 2.75) is 19.4 Å². The van der Waals surface area contributed by atoms with Gasteiger partial charge in [0.1, 0.15) is 5.82 Å². The van der Waals surface area contributed by atoms with Crippen LogP contribution in [0, 0.1) is 5.82 Å². The minimum absolute atomic E-state index is 0. The van der Waals surface area contributed by atoms with Crippen LogP contribution in [0.15, 0.2) is 53.5 Å². The first-order valence-corrected chi connectivity index (χ1v) is 7.76. The van der Waals surface area contributed by atoms with Crippen LogP contribution in [0.2, 0.25) is 0 Å². The number of rotatable bonds is 2. The maximum absolute atomic E-state index is 13.1. The van der Waals surface area contributed by atoms with Gasteiger partial charge in [0.15, 0.2) is 0 Å². The lowest BCUT2D eigenvalue weighted by Crippen LogP contribution is -2.38. The molecule has 23 heavy (non-hydrogen) atoms. The van der Waals surface area contributed by atoms with Crippen LogP contribution in [-0.2, 0) is 6.54 Å². The average molecular weight is 332 g/mol. The van der Waals surface area contributed by atoms with Crippen molar-refractivity contribution in [1.82, 2.24) is 0 Å². The lowest BCUT2D eigenvalue weighted by molar-refractivity contribution is 0.627. The minimum atomic E-state index is -0.195. The highest BCUT2D eigenvalue weighted by Crippen LogP contribution is 2.38. The summed E-state index contributed by atoms with van der Waals surface area (Å²) in [5.41, 5.74) is 3.50. The van der Waals surface area contributed by atoms with Crippen molar-refractivity contribution >= 4 is 29.7 Å². The molecule has 0 saturated carbocycles. The molecule has 0 radical (unpaired) electrons. The van der Waals surface area contributed by atoms with E-state index in [4.69, 9.17) is 4.99 Å². The van der Waals surface area contributed by atoms with Gasteiger partial charge in [-0.3, -0.25) is 4.99 Å². The maximum Gasteiger partial charge on any atom is 0.206 e. The number of anilines is 2. The van der Waals surface area contributed by atoms with Gasteiger partial charge in [0.25, 0.3) is 0 Å². The second-order valence-electron chi connectivity index (χ2n) is 5.74. The van der Waals surface area contributed by atoms with Gasteiger partial charge >= 0.3 is 0 Å². The Bertz CT molecular complexity index is 714. The van der Waals surface area contributed by atoms with Gasteiger partial charge in [0, 0.05) is 13.1 Å². The Balaban J connectivity index is 0.00000156. The molecule has 5 heteroatoms. The van der Waals surface area contributed by atoms with Gasteiger partial charge in [-0.1, -0.05) is 24.3 Å². The van der Waals surface area contributed by atoms with Crippen molar-refractivity contribution in [1.29, 1.82) is 0 Å². The summed E-state index contributed by atoms with van der Waals surface area (Å²) in [6.07, 6.45) is 2.29. The van der Waals surface area contributed by atoms with E-state index in [9.17, 15) is 4.39 Å². The van der Waals surface area contributed by atoms with E-state index in [1.807, 2.05) is 12.1 Å². The summed E-state index contributed by atoms with van der Waals surface area (Å²) in [6, 6.07) is 15.1. The van der Waals surface area contributed by atoms with Crippen molar-refractivity contribution in [3.63, 3.8) is 0 Å². The molecule has 0 saturated heterocycles. The fourth-order valence-corrected chi connectivity index (χ4v) is 3.16. The van der Waals surface area contributed by atoms with Gasteiger partial charge in [-0.15, -0.1) is 12.4 Å². The summed E-state index contributed by atoms with van der Waals surface area (Å²) in [6.45, 7) is 2.60. The number of halogens is 2. The van der Waals surface area contributed by atoms with Crippen molar-refractivity contribution in [3.8, 4) is 0 Å². The molecule has 0 atom stereocenters. The normalized spacial score (nSPS) is 16.1. The number of para-hydroxylation sites is 2. The third kappa shape index (κ3) is 2.91. The van der Waals surface area contributed by atoms with E-state index in [0.717, 1.165) is 37.5 Å². The third-order valence-corrected chi connectivity index (χ3v) is 4.24. The van der Waals surface area contributed by atoms with Crippen LogP contribution >= 0.6 is 12.4 Å². The van der Waals surface area contributed by atoms with Gasteiger partial charge in [0.05, 0.1) is 17.9 Å². The lowest BCUT2D eigenvalue weighted by atomic mass is 10.2. The van der Waals surface area contributed by atoms with Crippen LogP contribution in [0.5, 0.6) is 0 Å². The number of hydrogen-bond donors (Lipinski definition) is 0. The molecule has 2 aromatic carbocycles. The predicted molar refractivity (Wildman–Crippen MR) is 95.2 cm³/mol. The first-order chi connectivity index (χ1) is 10.8. The first-order valence-electron chi connectivity index (χ1n) is 7.76. The van der Waals surface area contributed by atoms with E-state index in [1.165, 1.54) is 23.5 Å². The predicted octanol–water partition coefficient (Wildman–Crippen LogP) is 4.22. The molecule has 120 valence electrons. The zero-order valence-corrected chi connectivity index (χ0v) is 13.6. The van der Waals surface area contributed by atoms with E-state index >= 15 is 0 Å². The molecular formula is C18H19ClFN3. The second kappa shape index (κ2) is 6.59. The zero-order chi connectivity index (χ0) is 14.9. The molecule has 2 aliphatic rings. The highest BCUT2D eigenvalue weighted by Gasteiger charge is 2.32. The van der Waals surface area contributed by atoms with Crippen LogP contribution in [-0.4, -0.2) is 19.0 Å². The quantitative estimate of drug-likeness (QED) is 0.820. The summed E-state index contributed by atoms with van der Waals surface area (Å²) >= 11 is 0. The smallest absolute Gasteiger partial charge is 0.206 e. The largest absolute Gasteiger partial charge is 0.310 e. The zero-order valence-electron chi connectivity index (χ0n) is 12.8. The Morgan fingerprint density at radius 2 is 1.70 bits per heavy atom. The summed E-state index contributed by atoms with van der Waals surface area (Å²) in [5.74, 6) is 0.835. The summed E-state index contributed by atoms with van der Waals surface area (Å²) in [7, 11) is 0. The molecule has 2 aromatic rings. The lowest BCUT2D eigenvalue weighted by Gasteiger charge is -2.22.